The molecule has 2 nitrogen and oxygen atoms in total. The van der Waals surface area contributed by atoms with Crippen LogP contribution in [-0.2, 0) is 0 Å². The van der Waals surface area contributed by atoms with E-state index in [9.17, 15) is 4.79 Å². The van der Waals surface area contributed by atoms with Crippen molar-refractivity contribution in [3.8, 4) is 5.75 Å². The van der Waals surface area contributed by atoms with Crippen molar-refractivity contribution in [2.45, 2.75) is 26.7 Å². The Morgan fingerprint density at radius 2 is 1.65 bits per heavy atom. The summed E-state index contributed by atoms with van der Waals surface area (Å²) in [5.74, 6) is 1.06. The van der Waals surface area contributed by atoms with E-state index in [2.05, 4.69) is 19.9 Å². The van der Waals surface area contributed by atoms with Crippen molar-refractivity contribution in [3.05, 3.63) is 65.2 Å². The van der Waals surface area contributed by atoms with Crippen molar-refractivity contribution in [2.75, 3.05) is 6.61 Å². The molecule has 0 atom stereocenters. The highest BCUT2D eigenvalue weighted by atomic mass is 16.5. The molecule has 0 aliphatic heterocycles. The second-order valence-corrected chi connectivity index (χ2v) is 5.06. The van der Waals surface area contributed by atoms with Gasteiger partial charge in [0.25, 0.3) is 0 Å². The first kappa shape index (κ1) is 14.3. The van der Waals surface area contributed by atoms with E-state index in [-0.39, 0.29) is 5.78 Å². The summed E-state index contributed by atoms with van der Waals surface area (Å²) < 4.78 is 5.70. The molecule has 2 heteroatoms. The summed E-state index contributed by atoms with van der Waals surface area (Å²) in [4.78, 5) is 11.9. The molecule has 0 heterocycles. The van der Waals surface area contributed by atoms with Gasteiger partial charge in [-0.05, 0) is 43.5 Å². The molecule has 0 spiro atoms. The average molecular weight is 268 g/mol. The molecule has 0 unspecified atom stereocenters. The lowest BCUT2D eigenvalue weighted by atomic mass is 10.1. The molecular formula is C18H20O2. The number of Topliss-reactive ketones (excluding diaryl/α,β-unsaturated/α-hetero) is 1. The minimum atomic E-state index is 0.176. The van der Waals surface area contributed by atoms with E-state index in [1.165, 1.54) is 11.1 Å². The summed E-state index contributed by atoms with van der Waals surface area (Å²) >= 11 is 0. The summed E-state index contributed by atoms with van der Waals surface area (Å²) in [6.07, 6.45) is 1.26. The molecule has 0 fully saturated rings. The number of carbonyl (C=O) groups excluding carboxylic acids is 1. The van der Waals surface area contributed by atoms with Gasteiger partial charge in [-0.15, -0.1) is 0 Å². The summed E-state index contributed by atoms with van der Waals surface area (Å²) in [5, 5.41) is 0. The zero-order chi connectivity index (χ0) is 14.4. The van der Waals surface area contributed by atoms with Crippen LogP contribution in [0, 0.1) is 13.8 Å². The minimum absolute atomic E-state index is 0.176. The third kappa shape index (κ3) is 4.23. The molecule has 0 saturated carbocycles. The lowest BCUT2D eigenvalue weighted by molar-refractivity contribution is 0.0973. The first-order valence-electron chi connectivity index (χ1n) is 6.94. The maximum atomic E-state index is 11.9. The monoisotopic (exact) mass is 268 g/mol. The van der Waals surface area contributed by atoms with Gasteiger partial charge in [-0.3, -0.25) is 4.79 Å². The van der Waals surface area contributed by atoms with Crippen molar-refractivity contribution in [3.63, 3.8) is 0 Å². The molecule has 20 heavy (non-hydrogen) atoms. The molecule has 0 radical (unpaired) electrons. The van der Waals surface area contributed by atoms with E-state index < -0.39 is 0 Å². The van der Waals surface area contributed by atoms with Crippen molar-refractivity contribution < 1.29 is 9.53 Å². The molecule has 2 aromatic carbocycles. The highest BCUT2D eigenvalue weighted by Gasteiger charge is 2.04. The van der Waals surface area contributed by atoms with Gasteiger partial charge < -0.3 is 4.74 Å². The van der Waals surface area contributed by atoms with Crippen LogP contribution < -0.4 is 4.74 Å². The maximum absolute atomic E-state index is 11.9. The molecular weight excluding hydrogens is 248 g/mol. The Morgan fingerprint density at radius 1 is 1.00 bits per heavy atom. The SMILES string of the molecule is Cc1cc(C)cc(OCCCC(=O)c2ccccc2)c1. The van der Waals surface area contributed by atoms with Crippen LogP contribution in [0.4, 0.5) is 0 Å². The Morgan fingerprint density at radius 3 is 2.30 bits per heavy atom. The third-order valence-electron chi connectivity index (χ3n) is 3.11. The van der Waals surface area contributed by atoms with Gasteiger partial charge in [0.15, 0.2) is 5.78 Å². The van der Waals surface area contributed by atoms with Crippen LogP contribution in [0.5, 0.6) is 5.75 Å². The molecule has 0 aliphatic rings. The fourth-order valence-corrected chi connectivity index (χ4v) is 2.21. The van der Waals surface area contributed by atoms with Crippen molar-refractivity contribution in [1.29, 1.82) is 0 Å². The Balaban J connectivity index is 1.78. The first-order valence-corrected chi connectivity index (χ1v) is 6.94. The molecule has 2 aromatic rings. The fraction of sp³-hybridized carbons (Fsp3) is 0.278. The molecule has 0 saturated heterocycles. The molecule has 0 amide bonds. The quantitative estimate of drug-likeness (QED) is 0.575. The first-order chi connectivity index (χ1) is 9.65. The van der Waals surface area contributed by atoms with Crippen molar-refractivity contribution >= 4 is 5.78 Å². The second kappa shape index (κ2) is 6.90. The van der Waals surface area contributed by atoms with Crippen LogP contribution in [0.1, 0.15) is 34.3 Å². The summed E-state index contributed by atoms with van der Waals surface area (Å²) in [5.41, 5.74) is 3.17. The van der Waals surface area contributed by atoms with Crippen LogP contribution in [0.15, 0.2) is 48.5 Å². The summed E-state index contributed by atoms with van der Waals surface area (Å²) in [6, 6.07) is 15.6. The van der Waals surface area contributed by atoms with Gasteiger partial charge in [-0.25, -0.2) is 0 Å². The van der Waals surface area contributed by atoms with Crippen LogP contribution >= 0.6 is 0 Å². The number of ether oxygens (including phenoxy) is 1. The number of aryl methyl sites for hydroxylation is 2. The van der Waals surface area contributed by atoms with Gasteiger partial charge in [0, 0.05) is 12.0 Å². The van der Waals surface area contributed by atoms with Gasteiger partial charge in [0.05, 0.1) is 6.61 Å². The van der Waals surface area contributed by atoms with Crippen LogP contribution in [0.2, 0.25) is 0 Å². The van der Waals surface area contributed by atoms with Gasteiger partial charge in [0.1, 0.15) is 5.75 Å². The molecule has 2 rings (SSSR count). The number of rotatable bonds is 6. The Kier molecular flexibility index (Phi) is 4.94. The smallest absolute Gasteiger partial charge is 0.163 e. The highest BCUT2D eigenvalue weighted by Crippen LogP contribution is 2.16. The number of benzene rings is 2. The van der Waals surface area contributed by atoms with E-state index in [4.69, 9.17) is 4.74 Å². The van der Waals surface area contributed by atoms with Gasteiger partial charge in [0.2, 0.25) is 0 Å². The van der Waals surface area contributed by atoms with E-state index in [1.54, 1.807) is 0 Å². The molecule has 0 N–H and O–H groups in total. The van der Waals surface area contributed by atoms with Crippen LogP contribution in [0.3, 0.4) is 0 Å². The maximum Gasteiger partial charge on any atom is 0.163 e. The molecule has 0 aliphatic carbocycles. The van der Waals surface area contributed by atoms with E-state index >= 15 is 0 Å². The number of hydrogen-bond acceptors (Lipinski definition) is 2. The van der Waals surface area contributed by atoms with Crippen molar-refractivity contribution in [2.24, 2.45) is 0 Å². The molecule has 0 aromatic heterocycles. The standard InChI is InChI=1S/C18H20O2/c1-14-11-15(2)13-17(12-14)20-10-6-9-18(19)16-7-4-3-5-8-16/h3-5,7-8,11-13H,6,9-10H2,1-2H3. The Bertz CT molecular complexity index is 553. The number of hydrogen-bond donors (Lipinski definition) is 0. The fourth-order valence-electron chi connectivity index (χ4n) is 2.21. The number of ketones is 1. The van der Waals surface area contributed by atoms with Crippen LogP contribution in [0.25, 0.3) is 0 Å². The average Bonchev–Trinajstić information content (AvgIpc) is 2.43. The Hall–Kier alpha value is -2.09. The zero-order valence-corrected chi connectivity index (χ0v) is 12.1. The lowest BCUT2D eigenvalue weighted by Gasteiger charge is -2.08. The predicted molar refractivity (Wildman–Crippen MR) is 81.4 cm³/mol. The van der Waals surface area contributed by atoms with Gasteiger partial charge >= 0.3 is 0 Å². The summed E-state index contributed by atoms with van der Waals surface area (Å²) in [7, 11) is 0. The summed E-state index contributed by atoms with van der Waals surface area (Å²) in [6.45, 7) is 4.68. The van der Waals surface area contributed by atoms with Gasteiger partial charge in [-0.1, -0.05) is 36.4 Å². The molecule has 0 bridgehead atoms. The molecule has 104 valence electrons. The van der Waals surface area contributed by atoms with Crippen LogP contribution in [-0.4, -0.2) is 12.4 Å². The zero-order valence-electron chi connectivity index (χ0n) is 12.1. The van der Waals surface area contributed by atoms with E-state index in [1.807, 2.05) is 42.5 Å². The second-order valence-electron chi connectivity index (χ2n) is 5.06. The third-order valence-corrected chi connectivity index (χ3v) is 3.11. The minimum Gasteiger partial charge on any atom is -0.494 e. The topological polar surface area (TPSA) is 26.3 Å². The largest absolute Gasteiger partial charge is 0.494 e. The lowest BCUT2D eigenvalue weighted by Crippen LogP contribution is -2.04. The number of carbonyl (C=O) groups is 1. The Labute approximate surface area is 120 Å². The van der Waals surface area contributed by atoms with E-state index in [0.717, 1.165) is 17.7 Å². The normalized spacial score (nSPS) is 10.3. The van der Waals surface area contributed by atoms with Crippen molar-refractivity contribution in [1.82, 2.24) is 0 Å². The predicted octanol–water partition coefficient (Wildman–Crippen LogP) is 4.35. The van der Waals surface area contributed by atoms with Gasteiger partial charge in [-0.2, -0.15) is 0 Å². The van der Waals surface area contributed by atoms with E-state index in [0.29, 0.717) is 13.0 Å². The highest BCUT2D eigenvalue weighted by molar-refractivity contribution is 5.95.